The predicted molar refractivity (Wildman–Crippen MR) is 99.9 cm³/mol. The van der Waals surface area contributed by atoms with Crippen molar-refractivity contribution in [3.05, 3.63) is 72.1 Å². The lowest BCUT2D eigenvalue weighted by Gasteiger charge is -2.35. The van der Waals surface area contributed by atoms with E-state index >= 15 is 0 Å². The maximum absolute atomic E-state index is 13.0. The van der Waals surface area contributed by atoms with Crippen LogP contribution in [0, 0.1) is 5.82 Å². The van der Waals surface area contributed by atoms with Crippen molar-refractivity contribution in [1.29, 1.82) is 0 Å². The zero-order valence-electron chi connectivity index (χ0n) is 14.5. The molecular weight excluding hydrogens is 315 g/mol. The van der Waals surface area contributed by atoms with Crippen molar-refractivity contribution in [2.24, 2.45) is 0 Å². The summed E-state index contributed by atoms with van der Waals surface area (Å²) in [6.07, 6.45) is 2.59. The first-order chi connectivity index (χ1) is 12.2. The molecular formula is C21H23FN2O. The number of amides is 1. The third-order valence-electron chi connectivity index (χ3n) is 4.61. The first-order valence-electron chi connectivity index (χ1n) is 8.73. The molecule has 3 nitrogen and oxygen atoms in total. The number of carbonyl (C=O) groups excluding carboxylic acids is 1. The molecule has 1 aliphatic heterocycles. The highest BCUT2D eigenvalue weighted by atomic mass is 19.1. The van der Waals surface area contributed by atoms with Crippen LogP contribution in [0.4, 0.5) is 10.1 Å². The van der Waals surface area contributed by atoms with E-state index in [9.17, 15) is 9.18 Å². The van der Waals surface area contributed by atoms with E-state index in [-0.39, 0.29) is 11.7 Å². The number of rotatable bonds is 4. The van der Waals surface area contributed by atoms with Gasteiger partial charge in [0.05, 0.1) is 0 Å². The van der Waals surface area contributed by atoms with Crippen LogP contribution in [-0.4, -0.2) is 37.0 Å². The van der Waals surface area contributed by atoms with E-state index in [4.69, 9.17) is 0 Å². The van der Waals surface area contributed by atoms with Crippen molar-refractivity contribution in [2.45, 2.75) is 13.3 Å². The lowest BCUT2D eigenvalue weighted by Crippen LogP contribution is -2.48. The number of halogens is 1. The molecule has 1 saturated heterocycles. The molecule has 2 aromatic carbocycles. The number of piperazine rings is 1. The van der Waals surface area contributed by atoms with Gasteiger partial charge < -0.3 is 9.80 Å². The molecule has 0 N–H and O–H groups in total. The molecule has 0 unspecified atom stereocenters. The van der Waals surface area contributed by atoms with E-state index < -0.39 is 0 Å². The molecule has 3 rings (SSSR count). The molecule has 1 amide bonds. The van der Waals surface area contributed by atoms with Gasteiger partial charge in [-0.05, 0) is 41.8 Å². The number of hydrogen-bond donors (Lipinski definition) is 0. The fourth-order valence-corrected chi connectivity index (χ4v) is 3.12. The Labute approximate surface area is 148 Å². The zero-order valence-corrected chi connectivity index (χ0v) is 14.5. The summed E-state index contributed by atoms with van der Waals surface area (Å²) >= 11 is 0. The molecule has 130 valence electrons. The second kappa shape index (κ2) is 7.97. The summed E-state index contributed by atoms with van der Waals surface area (Å²) in [7, 11) is 0. The van der Waals surface area contributed by atoms with E-state index in [1.165, 1.54) is 12.1 Å². The first-order valence-corrected chi connectivity index (χ1v) is 8.73. The lowest BCUT2D eigenvalue weighted by molar-refractivity contribution is -0.126. The van der Waals surface area contributed by atoms with Crippen molar-refractivity contribution in [1.82, 2.24) is 4.90 Å². The second-order valence-corrected chi connectivity index (χ2v) is 6.18. The molecule has 2 aromatic rings. The standard InChI is InChI=1S/C21H23FN2O/c1-2-17(18-6-4-3-5-7-18)16-21(25)24-14-12-23(13-15-24)20-10-8-19(22)9-11-20/h3-11,16H,2,12-15H2,1H3/b17-16+. The summed E-state index contributed by atoms with van der Waals surface area (Å²) < 4.78 is 13.0. The maximum atomic E-state index is 13.0. The zero-order chi connectivity index (χ0) is 17.6. The maximum Gasteiger partial charge on any atom is 0.246 e. The number of nitrogens with zero attached hydrogens (tertiary/aromatic N) is 2. The summed E-state index contributed by atoms with van der Waals surface area (Å²) in [5, 5.41) is 0. The molecule has 0 spiro atoms. The van der Waals surface area contributed by atoms with Crippen molar-refractivity contribution in [3.63, 3.8) is 0 Å². The quantitative estimate of drug-likeness (QED) is 0.788. The van der Waals surface area contributed by atoms with Gasteiger partial charge in [-0.3, -0.25) is 4.79 Å². The van der Waals surface area contributed by atoms with Gasteiger partial charge in [-0.1, -0.05) is 37.3 Å². The highest BCUT2D eigenvalue weighted by molar-refractivity contribution is 5.95. The van der Waals surface area contributed by atoms with Crippen LogP contribution in [0.25, 0.3) is 5.57 Å². The predicted octanol–water partition coefficient (Wildman–Crippen LogP) is 3.97. The van der Waals surface area contributed by atoms with Gasteiger partial charge in [0.1, 0.15) is 5.82 Å². The number of carbonyl (C=O) groups is 1. The molecule has 0 aromatic heterocycles. The molecule has 0 radical (unpaired) electrons. The van der Waals surface area contributed by atoms with Gasteiger partial charge in [0.25, 0.3) is 0 Å². The van der Waals surface area contributed by atoms with Crippen molar-refractivity contribution < 1.29 is 9.18 Å². The highest BCUT2D eigenvalue weighted by Gasteiger charge is 2.20. The Hall–Kier alpha value is -2.62. The minimum atomic E-state index is -0.226. The minimum Gasteiger partial charge on any atom is -0.368 e. The number of anilines is 1. The number of hydrogen-bond acceptors (Lipinski definition) is 2. The highest BCUT2D eigenvalue weighted by Crippen LogP contribution is 2.20. The van der Waals surface area contributed by atoms with Gasteiger partial charge in [-0.25, -0.2) is 4.39 Å². The SMILES string of the molecule is CC/C(=C\C(=O)N1CCN(c2ccc(F)cc2)CC1)c1ccccc1. The van der Waals surface area contributed by atoms with Crippen LogP contribution in [0.5, 0.6) is 0 Å². The Balaban J connectivity index is 1.63. The molecule has 1 heterocycles. The van der Waals surface area contributed by atoms with E-state index in [2.05, 4.69) is 11.8 Å². The van der Waals surface area contributed by atoms with Crippen molar-refractivity contribution in [3.8, 4) is 0 Å². The van der Waals surface area contributed by atoms with Crippen LogP contribution in [0.1, 0.15) is 18.9 Å². The third-order valence-corrected chi connectivity index (χ3v) is 4.61. The summed E-state index contributed by atoms with van der Waals surface area (Å²) in [6.45, 7) is 4.95. The van der Waals surface area contributed by atoms with Crippen LogP contribution < -0.4 is 4.90 Å². The monoisotopic (exact) mass is 338 g/mol. The molecule has 25 heavy (non-hydrogen) atoms. The normalized spacial score (nSPS) is 15.4. The summed E-state index contributed by atoms with van der Waals surface area (Å²) in [5.41, 5.74) is 3.16. The van der Waals surface area contributed by atoms with Gasteiger partial charge in [0, 0.05) is 37.9 Å². The van der Waals surface area contributed by atoms with Gasteiger partial charge in [0.2, 0.25) is 5.91 Å². The largest absolute Gasteiger partial charge is 0.368 e. The summed E-state index contributed by atoms with van der Waals surface area (Å²) in [5.74, 6) is -0.157. The minimum absolute atomic E-state index is 0.0689. The molecule has 1 aliphatic rings. The van der Waals surface area contributed by atoms with Gasteiger partial charge in [-0.15, -0.1) is 0 Å². The fraction of sp³-hybridized carbons (Fsp3) is 0.286. The van der Waals surface area contributed by atoms with E-state index in [0.29, 0.717) is 13.1 Å². The van der Waals surface area contributed by atoms with Gasteiger partial charge >= 0.3 is 0 Å². The number of allylic oxidation sites excluding steroid dienone is 1. The molecule has 0 atom stereocenters. The third kappa shape index (κ3) is 4.27. The smallest absolute Gasteiger partial charge is 0.246 e. The molecule has 0 saturated carbocycles. The topological polar surface area (TPSA) is 23.6 Å². The Morgan fingerprint density at radius 1 is 1.00 bits per heavy atom. The van der Waals surface area contributed by atoms with E-state index in [1.54, 1.807) is 18.2 Å². The lowest BCUT2D eigenvalue weighted by atomic mass is 10.0. The molecule has 4 heteroatoms. The molecule has 1 fully saturated rings. The van der Waals surface area contributed by atoms with Crippen LogP contribution in [0.3, 0.4) is 0 Å². The Bertz CT molecular complexity index is 732. The molecule has 0 bridgehead atoms. The van der Waals surface area contributed by atoms with Crippen molar-refractivity contribution in [2.75, 3.05) is 31.1 Å². The Kier molecular flexibility index (Phi) is 5.49. The molecule has 0 aliphatic carbocycles. The van der Waals surface area contributed by atoms with Crippen LogP contribution in [0.15, 0.2) is 60.7 Å². The van der Waals surface area contributed by atoms with Crippen molar-refractivity contribution >= 4 is 17.2 Å². The van der Waals surface area contributed by atoms with E-state index in [1.807, 2.05) is 35.2 Å². The first kappa shape index (κ1) is 17.2. The number of benzene rings is 2. The summed E-state index contributed by atoms with van der Waals surface area (Å²) in [4.78, 5) is 16.7. The average Bonchev–Trinajstić information content (AvgIpc) is 2.67. The van der Waals surface area contributed by atoms with Crippen LogP contribution >= 0.6 is 0 Å². The van der Waals surface area contributed by atoms with Gasteiger partial charge in [0.15, 0.2) is 0 Å². The summed E-state index contributed by atoms with van der Waals surface area (Å²) in [6, 6.07) is 16.6. The van der Waals surface area contributed by atoms with E-state index in [0.717, 1.165) is 36.3 Å². The van der Waals surface area contributed by atoms with Crippen LogP contribution in [0.2, 0.25) is 0 Å². The fourth-order valence-electron chi connectivity index (χ4n) is 3.12. The Morgan fingerprint density at radius 3 is 2.24 bits per heavy atom. The van der Waals surface area contributed by atoms with Gasteiger partial charge in [-0.2, -0.15) is 0 Å². The second-order valence-electron chi connectivity index (χ2n) is 6.18. The average molecular weight is 338 g/mol. The van der Waals surface area contributed by atoms with Crippen LogP contribution in [-0.2, 0) is 4.79 Å². The Morgan fingerprint density at radius 2 is 1.64 bits per heavy atom.